The van der Waals surface area contributed by atoms with E-state index < -0.39 is 10.0 Å². The Labute approximate surface area is 95.9 Å². The maximum atomic E-state index is 12.2. The second-order valence-corrected chi connectivity index (χ2v) is 5.27. The molecule has 0 aliphatic heterocycles. The zero-order valence-electron chi connectivity index (χ0n) is 9.61. The fourth-order valence-corrected chi connectivity index (χ4v) is 3.21. The molecular formula is C10H15N3O2S. The molecule has 0 saturated carbocycles. The molecule has 0 unspecified atom stereocenters. The van der Waals surface area contributed by atoms with Crippen LogP contribution in [-0.2, 0) is 10.0 Å². The predicted octanol–water partition coefficient (Wildman–Crippen LogP) is 0.670. The molecule has 1 N–H and O–H groups in total. The van der Waals surface area contributed by atoms with Gasteiger partial charge in [0.05, 0.1) is 17.9 Å². The summed E-state index contributed by atoms with van der Waals surface area (Å²) in [5.41, 5.74) is 1.00. The van der Waals surface area contributed by atoms with E-state index in [2.05, 4.69) is 16.1 Å². The molecular weight excluding hydrogens is 226 g/mol. The number of sulfonamides is 1. The summed E-state index contributed by atoms with van der Waals surface area (Å²) in [7, 11) is -3.53. The minimum absolute atomic E-state index is 0.0723. The number of hydrogen-bond donors (Lipinski definition) is 1. The molecule has 0 spiro atoms. The van der Waals surface area contributed by atoms with E-state index in [0.29, 0.717) is 17.9 Å². The number of aromatic amines is 1. The van der Waals surface area contributed by atoms with Gasteiger partial charge < -0.3 is 0 Å². The highest BCUT2D eigenvalue weighted by Gasteiger charge is 2.27. The quantitative estimate of drug-likeness (QED) is 0.788. The first kappa shape index (κ1) is 12.7. The van der Waals surface area contributed by atoms with Gasteiger partial charge in [-0.1, -0.05) is 12.8 Å². The summed E-state index contributed by atoms with van der Waals surface area (Å²) in [5.74, 6) is 2.34. The first-order chi connectivity index (χ1) is 7.45. The average Bonchev–Trinajstić information content (AvgIpc) is 2.55. The maximum absolute atomic E-state index is 12.2. The summed E-state index contributed by atoms with van der Waals surface area (Å²) >= 11 is 0. The minimum atomic E-state index is -3.53. The Bertz CT molecular complexity index is 491. The van der Waals surface area contributed by atoms with Gasteiger partial charge >= 0.3 is 0 Å². The SMILES string of the molecule is C#CCN(CC)S(=O)(=O)c1c(C)n[nH]c1C. The van der Waals surface area contributed by atoms with E-state index in [1.165, 1.54) is 4.31 Å². The van der Waals surface area contributed by atoms with Crippen molar-refractivity contribution in [3.05, 3.63) is 11.4 Å². The van der Waals surface area contributed by atoms with Crippen molar-refractivity contribution in [2.75, 3.05) is 13.1 Å². The average molecular weight is 241 g/mol. The summed E-state index contributed by atoms with van der Waals surface area (Å²) in [6, 6.07) is 0. The van der Waals surface area contributed by atoms with E-state index in [1.54, 1.807) is 20.8 Å². The van der Waals surface area contributed by atoms with Gasteiger partial charge in [-0.3, -0.25) is 5.10 Å². The Morgan fingerprint density at radius 1 is 1.50 bits per heavy atom. The number of nitrogens with one attached hydrogen (secondary N) is 1. The van der Waals surface area contributed by atoms with E-state index in [9.17, 15) is 8.42 Å². The van der Waals surface area contributed by atoms with Crippen molar-refractivity contribution in [2.24, 2.45) is 0 Å². The van der Waals surface area contributed by atoms with E-state index >= 15 is 0 Å². The zero-order chi connectivity index (χ0) is 12.3. The van der Waals surface area contributed by atoms with Gasteiger partial charge in [-0.05, 0) is 13.8 Å². The molecule has 6 heteroatoms. The van der Waals surface area contributed by atoms with Crippen LogP contribution in [0.2, 0.25) is 0 Å². The third-order valence-corrected chi connectivity index (χ3v) is 4.46. The maximum Gasteiger partial charge on any atom is 0.247 e. The lowest BCUT2D eigenvalue weighted by molar-refractivity contribution is 0.463. The fourth-order valence-electron chi connectivity index (χ4n) is 1.52. The van der Waals surface area contributed by atoms with Crippen LogP contribution in [0.15, 0.2) is 4.90 Å². The highest BCUT2D eigenvalue weighted by Crippen LogP contribution is 2.20. The summed E-state index contributed by atoms with van der Waals surface area (Å²) in [5, 5.41) is 6.53. The van der Waals surface area contributed by atoms with Crippen molar-refractivity contribution < 1.29 is 8.42 Å². The van der Waals surface area contributed by atoms with Gasteiger partial charge in [-0.15, -0.1) is 6.42 Å². The molecule has 0 bridgehead atoms. The normalized spacial score (nSPS) is 11.7. The molecule has 1 rings (SSSR count). The van der Waals surface area contributed by atoms with E-state index in [1.807, 2.05) is 0 Å². The van der Waals surface area contributed by atoms with E-state index in [-0.39, 0.29) is 11.4 Å². The largest absolute Gasteiger partial charge is 0.281 e. The molecule has 0 aliphatic carbocycles. The first-order valence-electron chi connectivity index (χ1n) is 4.90. The third-order valence-electron chi connectivity index (χ3n) is 2.28. The molecule has 1 heterocycles. The summed E-state index contributed by atoms with van der Waals surface area (Å²) in [6.07, 6.45) is 5.15. The van der Waals surface area contributed by atoms with Crippen LogP contribution in [0.4, 0.5) is 0 Å². The second-order valence-electron chi connectivity index (χ2n) is 3.40. The molecule has 0 saturated heterocycles. The molecule has 88 valence electrons. The first-order valence-corrected chi connectivity index (χ1v) is 6.34. The van der Waals surface area contributed by atoms with Crippen molar-refractivity contribution in [3.8, 4) is 12.3 Å². The lowest BCUT2D eigenvalue weighted by atomic mass is 10.4. The van der Waals surface area contributed by atoms with Crippen LogP contribution >= 0.6 is 0 Å². The number of aromatic nitrogens is 2. The number of nitrogens with zero attached hydrogens (tertiary/aromatic N) is 2. The molecule has 0 radical (unpaired) electrons. The van der Waals surface area contributed by atoms with Crippen molar-refractivity contribution in [1.29, 1.82) is 0 Å². The van der Waals surface area contributed by atoms with Crippen molar-refractivity contribution in [2.45, 2.75) is 25.7 Å². The van der Waals surface area contributed by atoms with Crippen LogP contribution in [0, 0.1) is 26.2 Å². The van der Waals surface area contributed by atoms with Gasteiger partial charge in [-0.25, -0.2) is 8.42 Å². The van der Waals surface area contributed by atoms with Crippen LogP contribution in [-0.4, -0.2) is 36.0 Å². The summed E-state index contributed by atoms with van der Waals surface area (Å²) in [6.45, 7) is 5.50. The molecule has 5 nitrogen and oxygen atoms in total. The highest BCUT2D eigenvalue weighted by molar-refractivity contribution is 7.89. The molecule has 16 heavy (non-hydrogen) atoms. The molecule has 1 aromatic rings. The van der Waals surface area contributed by atoms with Crippen molar-refractivity contribution in [1.82, 2.24) is 14.5 Å². The summed E-state index contributed by atoms with van der Waals surface area (Å²) < 4.78 is 25.7. The number of H-pyrrole nitrogens is 1. The van der Waals surface area contributed by atoms with Gasteiger partial charge in [0.25, 0.3) is 0 Å². The lowest BCUT2D eigenvalue weighted by Gasteiger charge is -2.17. The van der Waals surface area contributed by atoms with E-state index in [0.717, 1.165) is 0 Å². The van der Waals surface area contributed by atoms with Crippen LogP contribution in [0.1, 0.15) is 18.3 Å². The second kappa shape index (κ2) is 4.68. The van der Waals surface area contributed by atoms with Gasteiger partial charge in [0.15, 0.2) is 0 Å². The van der Waals surface area contributed by atoms with Crippen LogP contribution < -0.4 is 0 Å². The molecule has 0 aliphatic rings. The molecule has 0 aromatic carbocycles. The van der Waals surface area contributed by atoms with Crippen LogP contribution in [0.25, 0.3) is 0 Å². The Kier molecular flexibility index (Phi) is 3.73. The van der Waals surface area contributed by atoms with Crippen molar-refractivity contribution >= 4 is 10.0 Å². The summed E-state index contributed by atoms with van der Waals surface area (Å²) in [4.78, 5) is 0.226. The monoisotopic (exact) mass is 241 g/mol. The number of terminal acetylenes is 1. The number of hydrogen-bond acceptors (Lipinski definition) is 3. The smallest absolute Gasteiger partial charge is 0.247 e. The molecule has 1 aromatic heterocycles. The fraction of sp³-hybridized carbons (Fsp3) is 0.500. The third kappa shape index (κ3) is 2.10. The number of aryl methyl sites for hydroxylation is 2. The van der Waals surface area contributed by atoms with Gasteiger partial charge in [-0.2, -0.15) is 9.40 Å². The van der Waals surface area contributed by atoms with Gasteiger partial charge in [0.2, 0.25) is 10.0 Å². The Hall–Kier alpha value is -1.32. The molecule has 0 amide bonds. The topological polar surface area (TPSA) is 66.1 Å². The predicted molar refractivity (Wildman–Crippen MR) is 61.3 cm³/mol. The highest BCUT2D eigenvalue weighted by atomic mass is 32.2. The lowest BCUT2D eigenvalue weighted by Crippen LogP contribution is -2.31. The van der Waals surface area contributed by atoms with Crippen LogP contribution in [0.3, 0.4) is 0 Å². The minimum Gasteiger partial charge on any atom is -0.281 e. The Morgan fingerprint density at radius 2 is 2.12 bits per heavy atom. The van der Waals surface area contributed by atoms with Crippen molar-refractivity contribution in [3.63, 3.8) is 0 Å². The zero-order valence-corrected chi connectivity index (χ0v) is 10.4. The standard InChI is InChI=1S/C10H15N3O2S/c1-5-7-13(6-2)16(14,15)10-8(3)11-12-9(10)4/h1H,6-7H2,2-4H3,(H,11,12). The Morgan fingerprint density at radius 3 is 2.50 bits per heavy atom. The van der Waals surface area contributed by atoms with Gasteiger partial charge in [0, 0.05) is 6.54 Å². The molecule has 0 atom stereocenters. The number of rotatable bonds is 4. The van der Waals surface area contributed by atoms with E-state index in [4.69, 9.17) is 6.42 Å². The van der Waals surface area contributed by atoms with Gasteiger partial charge in [0.1, 0.15) is 4.90 Å². The molecule has 0 fully saturated rings. The van der Waals surface area contributed by atoms with Crippen LogP contribution in [0.5, 0.6) is 0 Å². The Balaban J connectivity index is 3.26.